The Hall–Kier alpha value is -1.10. The van der Waals surface area contributed by atoms with Crippen LogP contribution in [0.5, 0.6) is 0 Å². The molecule has 0 aromatic carbocycles. The maximum absolute atomic E-state index is 11.7. The van der Waals surface area contributed by atoms with Gasteiger partial charge in [-0.15, -0.1) is 0 Å². The number of fused-ring (bicyclic) bond motifs is 5. The summed E-state index contributed by atoms with van der Waals surface area (Å²) in [5.74, 6) is 3.34. The summed E-state index contributed by atoms with van der Waals surface area (Å²) in [5.41, 5.74) is 1.55. The largest absolute Gasteiger partial charge is 0.295 e. The molecule has 3 fully saturated rings. The van der Waals surface area contributed by atoms with Crippen LogP contribution in [0.3, 0.4) is 0 Å². The summed E-state index contributed by atoms with van der Waals surface area (Å²) in [7, 11) is 0. The number of allylic oxidation sites excluding steroid dienone is 1. The number of nitrogens with zero attached hydrogens (tertiary/aromatic N) is 1. The minimum atomic E-state index is -0.124. The van der Waals surface area contributed by atoms with Gasteiger partial charge in [0.15, 0.2) is 5.78 Å². The monoisotopic (exact) mass is 297 g/mol. The molecule has 2 heteroatoms. The summed E-state index contributed by atoms with van der Waals surface area (Å²) in [6, 6.07) is 2.68. The summed E-state index contributed by atoms with van der Waals surface area (Å²) in [4.78, 5) is 11.7. The third-order valence-corrected chi connectivity index (χ3v) is 8.15. The molecule has 4 rings (SSSR count). The Morgan fingerprint density at radius 3 is 2.68 bits per heavy atom. The molecule has 22 heavy (non-hydrogen) atoms. The fourth-order valence-corrected chi connectivity index (χ4v) is 6.63. The molecule has 0 spiro atoms. The van der Waals surface area contributed by atoms with Gasteiger partial charge in [-0.25, -0.2) is 0 Å². The molecule has 0 heterocycles. The molecule has 118 valence electrons. The molecule has 3 saturated carbocycles. The first-order valence-electron chi connectivity index (χ1n) is 9.13. The van der Waals surface area contributed by atoms with E-state index in [2.05, 4.69) is 19.9 Å². The van der Waals surface area contributed by atoms with Crippen LogP contribution < -0.4 is 0 Å². The van der Waals surface area contributed by atoms with Crippen molar-refractivity contribution in [2.24, 2.45) is 34.5 Å². The van der Waals surface area contributed by atoms with Gasteiger partial charge in [0, 0.05) is 6.42 Å². The highest BCUT2D eigenvalue weighted by Crippen LogP contribution is 2.67. The van der Waals surface area contributed by atoms with Gasteiger partial charge < -0.3 is 0 Å². The Morgan fingerprint density at radius 2 is 1.91 bits per heavy atom. The smallest absolute Gasteiger partial charge is 0.155 e. The zero-order chi connectivity index (χ0) is 15.5. The predicted octanol–water partition coefficient (Wildman–Crippen LogP) is 4.66. The highest BCUT2D eigenvalue weighted by molar-refractivity contribution is 5.91. The average molecular weight is 297 g/mol. The summed E-state index contributed by atoms with van der Waals surface area (Å²) in [6.07, 6.45) is 11.0. The third kappa shape index (κ3) is 1.75. The van der Waals surface area contributed by atoms with E-state index in [0.29, 0.717) is 11.7 Å². The number of carbonyl (C=O) groups is 1. The van der Waals surface area contributed by atoms with Gasteiger partial charge in [0.25, 0.3) is 0 Å². The molecular formula is C20H27NO. The Bertz CT molecular complexity index is 585. The Labute approximate surface area is 134 Å². The summed E-state index contributed by atoms with van der Waals surface area (Å²) >= 11 is 0. The Morgan fingerprint density at radius 1 is 1.09 bits per heavy atom. The van der Waals surface area contributed by atoms with E-state index in [-0.39, 0.29) is 10.8 Å². The van der Waals surface area contributed by atoms with Crippen LogP contribution in [-0.4, -0.2) is 5.78 Å². The van der Waals surface area contributed by atoms with Gasteiger partial charge >= 0.3 is 0 Å². The van der Waals surface area contributed by atoms with Gasteiger partial charge in [-0.2, -0.15) is 5.26 Å². The molecular weight excluding hydrogens is 270 g/mol. The first kappa shape index (κ1) is 14.5. The molecule has 0 aromatic heterocycles. The Kier molecular flexibility index (Phi) is 3.09. The number of carbonyl (C=O) groups excluding carboxylic acids is 1. The van der Waals surface area contributed by atoms with Gasteiger partial charge in [-0.1, -0.05) is 12.5 Å². The third-order valence-electron chi connectivity index (χ3n) is 8.15. The molecule has 0 aromatic rings. The van der Waals surface area contributed by atoms with Crippen LogP contribution in [-0.2, 0) is 4.79 Å². The molecule has 0 amide bonds. The van der Waals surface area contributed by atoms with Crippen molar-refractivity contribution in [2.45, 2.75) is 65.2 Å². The SMILES string of the molecule is C[C@]1(C#N)CC[C@H]2[C@@H]3CCC4=CC(=O)CC[C@@H]4[C@H]3CC[C@@]21C. The maximum atomic E-state index is 11.7. The van der Waals surface area contributed by atoms with Crippen molar-refractivity contribution in [3.8, 4) is 6.07 Å². The summed E-state index contributed by atoms with van der Waals surface area (Å²) in [6.45, 7) is 4.61. The summed E-state index contributed by atoms with van der Waals surface area (Å²) < 4.78 is 0. The van der Waals surface area contributed by atoms with E-state index in [0.717, 1.165) is 43.4 Å². The number of hydrogen-bond acceptors (Lipinski definition) is 2. The molecule has 4 aliphatic rings. The topological polar surface area (TPSA) is 40.9 Å². The predicted molar refractivity (Wildman–Crippen MR) is 85.8 cm³/mol. The van der Waals surface area contributed by atoms with Crippen LogP contribution >= 0.6 is 0 Å². The van der Waals surface area contributed by atoms with Crippen molar-refractivity contribution in [1.29, 1.82) is 5.26 Å². The fraction of sp³-hybridized carbons (Fsp3) is 0.800. The molecule has 6 atom stereocenters. The van der Waals surface area contributed by atoms with Gasteiger partial charge in [-0.05, 0) is 87.0 Å². The summed E-state index contributed by atoms with van der Waals surface area (Å²) in [5, 5.41) is 9.75. The van der Waals surface area contributed by atoms with Crippen molar-refractivity contribution in [2.75, 3.05) is 0 Å². The normalized spacial score (nSPS) is 50.4. The second-order valence-corrected chi connectivity index (χ2v) is 8.74. The number of rotatable bonds is 0. The van der Waals surface area contributed by atoms with E-state index in [1.807, 2.05) is 6.08 Å². The second-order valence-electron chi connectivity index (χ2n) is 8.74. The molecule has 0 aliphatic heterocycles. The Balaban J connectivity index is 1.65. The minimum Gasteiger partial charge on any atom is -0.295 e. The van der Waals surface area contributed by atoms with Crippen LogP contribution in [0.2, 0.25) is 0 Å². The molecule has 0 radical (unpaired) electrons. The van der Waals surface area contributed by atoms with E-state index in [1.165, 1.54) is 31.3 Å². The van der Waals surface area contributed by atoms with Crippen LogP contribution in [0.1, 0.15) is 65.2 Å². The van der Waals surface area contributed by atoms with E-state index in [9.17, 15) is 10.1 Å². The van der Waals surface area contributed by atoms with E-state index in [1.54, 1.807) is 0 Å². The molecule has 2 nitrogen and oxygen atoms in total. The van der Waals surface area contributed by atoms with E-state index in [4.69, 9.17) is 0 Å². The second kappa shape index (κ2) is 4.70. The quantitative estimate of drug-likeness (QED) is 0.652. The molecule has 0 saturated heterocycles. The molecule has 0 unspecified atom stereocenters. The average Bonchev–Trinajstić information content (AvgIpc) is 2.79. The number of hydrogen-bond donors (Lipinski definition) is 0. The van der Waals surface area contributed by atoms with Gasteiger partial charge in [0.2, 0.25) is 0 Å². The van der Waals surface area contributed by atoms with E-state index < -0.39 is 0 Å². The standard InChI is InChI=1S/C20H27NO/c1-19(12-21)9-8-18-17-5-3-13-11-14(22)4-6-15(13)16(17)7-10-20(18,19)2/h11,15-18H,3-10H2,1-2H3/t15-,16+,17+,18-,19+,20-/m0/s1. The van der Waals surface area contributed by atoms with Crippen LogP contribution in [0.15, 0.2) is 11.6 Å². The highest BCUT2D eigenvalue weighted by atomic mass is 16.1. The van der Waals surface area contributed by atoms with E-state index >= 15 is 0 Å². The first-order valence-corrected chi connectivity index (χ1v) is 9.13. The van der Waals surface area contributed by atoms with Crippen LogP contribution in [0.4, 0.5) is 0 Å². The number of ketones is 1. The van der Waals surface area contributed by atoms with Crippen molar-refractivity contribution < 1.29 is 4.79 Å². The lowest BCUT2D eigenvalue weighted by Gasteiger charge is -2.55. The molecule has 4 aliphatic carbocycles. The fourth-order valence-electron chi connectivity index (χ4n) is 6.63. The zero-order valence-corrected chi connectivity index (χ0v) is 13.9. The molecule has 0 bridgehead atoms. The van der Waals surface area contributed by atoms with Crippen LogP contribution in [0.25, 0.3) is 0 Å². The van der Waals surface area contributed by atoms with Crippen molar-refractivity contribution in [3.63, 3.8) is 0 Å². The highest BCUT2D eigenvalue weighted by Gasteiger charge is 2.61. The maximum Gasteiger partial charge on any atom is 0.155 e. The van der Waals surface area contributed by atoms with Crippen LogP contribution in [0, 0.1) is 45.8 Å². The van der Waals surface area contributed by atoms with Crippen molar-refractivity contribution in [3.05, 3.63) is 11.6 Å². The van der Waals surface area contributed by atoms with Gasteiger partial charge in [0.1, 0.15) is 0 Å². The lowest BCUT2D eigenvalue weighted by molar-refractivity contribution is -0.116. The van der Waals surface area contributed by atoms with Crippen molar-refractivity contribution in [1.82, 2.24) is 0 Å². The van der Waals surface area contributed by atoms with Gasteiger partial charge in [0.05, 0.1) is 11.5 Å². The first-order chi connectivity index (χ1) is 10.5. The van der Waals surface area contributed by atoms with Gasteiger partial charge in [-0.3, -0.25) is 4.79 Å². The molecule has 0 N–H and O–H groups in total. The van der Waals surface area contributed by atoms with Crippen molar-refractivity contribution >= 4 is 5.78 Å². The lowest BCUT2D eigenvalue weighted by Crippen LogP contribution is -2.48. The minimum absolute atomic E-state index is 0.124. The lowest BCUT2D eigenvalue weighted by atomic mass is 9.49. The number of nitriles is 1. The zero-order valence-electron chi connectivity index (χ0n) is 13.9.